The lowest BCUT2D eigenvalue weighted by molar-refractivity contribution is 0.399. The Kier molecular flexibility index (Phi) is 1.27. The van der Waals surface area contributed by atoms with E-state index in [1.54, 1.807) is 0 Å². The number of nitrogens with zero attached hydrogens (tertiary/aromatic N) is 3. The molecule has 0 fully saturated rings. The van der Waals surface area contributed by atoms with Crippen LogP contribution in [0.4, 0.5) is 0 Å². The van der Waals surface area contributed by atoms with Crippen LogP contribution in [0.25, 0.3) is 5.65 Å². The number of methoxy groups -OCH3 is 1. The van der Waals surface area contributed by atoms with Crippen molar-refractivity contribution in [2.75, 3.05) is 7.11 Å². The van der Waals surface area contributed by atoms with Crippen LogP contribution in [0, 0.1) is 0 Å². The van der Waals surface area contributed by atoms with Gasteiger partial charge < -0.3 is 4.74 Å². The quantitative estimate of drug-likeness (QED) is 0.745. The van der Waals surface area contributed by atoms with Crippen molar-refractivity contribution in [3.05, 3.63) is 23.1 Å². The minimum atomic E-state index is 0.0864. The molecule has 0 aromatic carbocycles. The Hall–Kier alpha value is -1.10. The third-order valence-corrected chi connectivity index (χ3v) is 1.73. The van der Waals surface area contributed by atoms with E-state index >= 15 is 0 Å². The van der Waals surface area contributed by atoms with E-state index in [-0.39, 0.29) is 12.3 Å². The van der Waals surface area contributed by atoms with Crippen LogP contribution in [-0.4, -0.2) is 21.5 Å². The molecule has 2 heterocycles. The van der Waals surface area contributed by atoms with E-state index < -0.39 is 0 Å². The molecule has 2 aromatic rings. The lowest BCUT2D eigenvalue weighted by atomic mass is 10.6. The van der Waals surface area contributed by atoms with Crippen molar-refractivity contribution in [2.45, 2.75) is 0 Å². The maximum absolute atomic E-state index is 7.66. The van der Waals surface area contributed by atoms with Crippen LogP contribution in [0.1, 0.15) is 2.74 Å². The molecule has 0 unspecified atom stereocenters. The predicted molar refractivity (Wildman–Crippen MR) is 47.2 cm³/mol. The molecule has 4 nitrogen and oxygen atoms in total. The highest BCUT2D eigenvalue weighted by Crippen LogP contribution is 2.17. The molecule has 0 aliphatic rings. The normalized spacial score (nSPS) is 12.8. The van der Waals surface area contributed by atoms with Gasteiger partial charge in [0.1, 0.15) is 4.60 Å². The zero-order valence-corrected chi connectivity index (χ0v) is 7.79. The molecule has 0 aliphatic heterocycles. The van der Waals surface area contributed by atoms with Gasteiger partial charge >= 0.3 is 0 Å². The lowest BCUT2D eigenvalue weighted by Gasteiger charge is -2.00. The van der Waals surface area contributed by atoms with E-state index in [1.165, 1.54) is 17.7 Å². The van der Waals surface area contributed by atoms with Gasteiger partial charge in [0.2, 0.25) is 5.65 Å². The van der Waals surface area contributed by atoms with Crippen molar-refractivity contribution < 1.29 is 7.48 Å². The van der Waals surface area contributed by atoms with Crippen molar-refractivity contribution in [1.29, 1.82) is 0 Å². The minimum Gasteiger partial charge on any atom is -0.478 e. The summed E-state index contributed by atoms with van der Waals surface area (Å²) in [6.07, 6.45) is 1.57. The summed E-state index contributed by atoms with van der Waals surface area (Å²) in [5, 5.41) is 0. The van der Waals surface area contributed by atoms with E-state index in [2.05, 4.69) is 25.9 Å². The van der Waals surface area contributed by atoms with E-state index in [0.717, 1.165) is 0 Å². The topological polar surface area (TPSA) is 39.4 Å². The van der Waals surface area contributed by atoms with Gasteiger partial charge in [-0.2, -0.15) is 0 Å². The number of ether oxygens (including phenoxy) is 1. The summed E-state index contributed by atoms with van der Waals surface area (Å²) >= 11 is 3.12. The van der Waals surface area contributed by atoms with Gasteiger partial charge in [0.15, 0.2) is 0 Å². The SMILES string of the molecule is [2H]c1cnc2c(OC)nc(Br)c([2H])n12. The van der Waals surface area contributed by atoms with Crippen molar-refractivity contribution in [3.8, 4) is 5.88 Å². The van der Waals surface area contributed by atoms with Crippen LogP contribution in [0.2, 0.25) is 0 Å². The Bertz CT molecular complexity index is 499. The first-order chi connectivity index (χ1) is 6.65. The molecule has 0 amide bonds. The fourth-order valence-corrected chi connectivity index (χ4v) is 1.23. The molecule has 0 aliphatic carbocycles. The zero-order valence-electron chi connectivity index (χ0n) is 8.21. The highest BCUT2D eigenvalue weighted by molar-refractivity contribution is 9.10. The summed E-state index contributed by atoms with van der Waals surface area (Å²) in [6.45, 7) is 0. The highest BCUT2D eigenvalue weighted by atomic mass is 79.9. The summed E-state index contributed by atoms with van der Waals surface area (Å²) in [6, 6.07) is 0. The van der Waals surface area contributed by atoms with Crippen molar-refractivity contribution in [1.82, 2.24) is 14.4 Å². The molecular weight excluding hydrogens is 222 g/mol. The third kappa shape index (κ3) is 1.06. The number of halogens is 1. The average Bonchev–Trinajstić information content (AvgIpc) is 2.54. The third-order valence-electron chi connectivity index (χ3n) is 1.37. The van der Waals surface area contributed by atoms with Crippen molar-refractivity contribution >= 4 is 21.6 Å². The molecule has 0 saturated heterocycles. The minimum absolute atomic E-state index is 0.0864. The zero-order chi connectivity index (χ0) is 10.3. The Morgan fingerprint density at radius 1 is 1.75 bits per heavy atom. The molecule has 0 bridgehead atoms. The van der Waals surface area contributed by atoms with Crippen LogP contribution in [0.3, 0.4) is 0 Å². The summed E-state index contributed by atoms with van der Waals surface area (Å²) in [5.41, 5.74) is 0.380. The molecule has 12 heavy (non-hydrogen) atoms. The van der Waals surface area contributed by atoms with Gasteiger partial charge in [-0.25, -0.2) is 9.97 Å². The standard InChI is InChI=1S/C7H6BrN3O/c1-12-7-6-9-2-3-11(6)4-5(8)10-7/h2-4H,1H3/i3D,4D. The largest absolute Gasteiger partial charge is 0.478 e. The van der Waals surface area contributed by atoms with Crippen LogP contribution in [0.5, 0.6) is 5.88 Å². The van der Waals surface area contributed by atoms with E-state index in [4.69, 9.17) is 7.48 Å². The summed E-state index contributed by atoms with van der Waals surface area (Å²) in [5.74, 6) is 0.298. The van der Waals surface area contributed by atoms with E-state index in [9.17, 15) is 0 Å². The van der Waals surface area contributed by atoms with Crippen molar-refractivity contribution in [2.24, 2.45) is 0 Å². The van der Waals surface area contributed by atoms with Crippen LogP contribution in [-0.2, 0) is 0 Å². The van der Waals surface area contributed by atoms with Gasteiger partial charge in [0, 0.05) is 18.5 Å². The molecule has 2 aromatic heterocycles. The maximum Gasteiger partial charge on any atom is 0.259 e. The Balaban J connectivity index is 2.92. The molecular formula is C7H6BrN3O. The second-order valence-corrected chi connectivity index (χ2v) is 2.82. The van der Waals surface area contributed by atoms with Gasteiger partial charge in [-0.1, -0.05) is 0 Å². The molecule has 0 spiro atoms. The highest BCUT2D eigenvalue weighted by Gasteiger charge is 2.04. The van der Waals surface area contributed by atoms with Crippen LogP contribution >= 0.6 is 15.9 Å². The second kappa shape index (κ2) is 2.75. The molecule has 62 valence electrons. The number of hydrogen-bond donors (Lipinski definition) is 0. The molecule has 0 radical (unpaired) electrons. The van der Waals surface area contributed by atoms with Gasteiger partial charge in [-0.3, -0.25) is 4.40 Å². The number of hydrogen-bond acceptors (Lipinski definition) is 3. The lowest BCUT2D eigenvalue weighted by Crippen LogP contribution is -1.94. The van der Waals surface area contributed by atoms with Gasteiger partial charge in [0.25, 0.3) is 5.88 Å². The number of imidazole rings is 1. The molecule has 0 saturated carbocycles. The predicted octanol–water partition coefficient (Wildman–Crippen LogP) is 1.50. The molecule has 5 heteroatoms. The van der Waals surface area contributed by atoms with Gasteiger partial charge in [0.05, 0.1) is 9.85 Å². The van der Waals surface area contributed by atoms with Crippen LogP contribution < -0.4 is 4.74 Å². The monoisotopic (exact) mass is 229 g/mol. The van der Waals surface area contributed by atoms with Gasteiger partial charge in [-0.05, 0) is 15.9 Å². The van der Waals surface area contributed by atoms with Crippen molar-refractivity contribution in [3.63, 3.8) is 0 Å². The molecule has 0 atom stereocenters. The van der Waals surface area contributed by atoms with E-state index in [1.807, 2.05) is 0 Å². The number of fused-ring (bicyclic) bond motifs is 1. The fraction of sp³-hybridized carbons (Fsp3) is 0.143. The molecule has 2 rings (SSSR count). The smallest absolute Gasteiger partial charge is 0.259 e. The number of rotatable bonds is 1. The van der Waals surface area contributed by atoms with E-state index in [0.29, 0.717) is 16.1 Å². The summed E-state index contributed by atoms with van der Waals surface area (Å²) < 4.78 is 21.8. The first kappa shape index (κ1) is 5.53. The first-order valence-electron chi connectivity index (χ1n) is 4.19. The maximum atomic E-state index is 7.66. The second-order valence-electron chi connectivity index (χ2n) is 2.07. The van der Waals surface area contributed by atoms with Gasteiger partial charge in [-0.15, -0.1) is 0 Å². The summed E-state index contributed by atoms with van der Waals surface area (Å²) in [7, 11) is 1.47. The average molecular weight is 230 g/mol. The fourth-order valence-electron chi connectivity index (χ4n) is 0.896. The number of aromatic nitrogens is 3. The molecule has 0 N–H and O–H groups in total. The Morgan fingerprint density at radius 2 is 2.58 bits per heavy atom. The Morgan fingerprint density at radius 3 is 3.33 bits per heavy atom. The summed E-state index contributed by atoms with van der Waals surface area (Å²) in [4.78, 5) is 7.91. The first-order valence-corrected chi connectivity index (χ1v) is 3.98. The van der Waals surface area contributed by atoms with Crippen LogP contribution in [0.15, 0.2) is 23.1 Å². The Labute approximate surface area is 80.1 Å².